The molecule has 66 valence electrons. The zero-order chi connectivity index (χ0) is 8.97. The van der Waals surface area contributed by atoms with Gasteiger partial charge in [0.15, 0.2) is 6.23 Å². The number of likely N-dealkylation sites (N-methyl/N-ethyl adjacent to an activating group) is 1. The summed E-state index contributed by atoms with van der Waals surface area (Å²) < 4.78 is 5.04. The number of hydrogen-bond donors (Lipinski definition) is 0. The topological polar surface area (TPSA) is 29.5 Å². The molecule has 1 rings (SSSR count). The quantitative estimate of drug-likeness (QED) is 0.580. The van der Waals surface area contributed by atoms with Crippen LogP contribution in [0.3, 0.4) is 0 Å². The van der Waals surface area contributed by atoms with Gasteiger partial charge in [0.2, 0.25) is 0 Å². The van der Waals surface area contributed by atoms with E-state index in [2.05, 4.69) is 0 Å². The van der Waals surface area contributed by atoms with Crippen LogP contribution < -0.4 is 0 Å². The molecule has 0 aliphatic carbocycles. The molecule has 1 atom stereocenters. The first-order valence-corrected chi connectivity index (χ1v) is 4.02. The molecule has 0 saturated carbocycles. The molecule has 12 heavy (non-hydrogen) atoms. The van der Waals surface area contributed by atoms with Gasteiger partial charge in [-0.25, -0.2) is 0 Å². The third kappa shape index (κ3) is 2.12. The summed E-state index contributed by atoms with van der Waals surface area (Å²) in [6, 6.07) is 0. The van der Waals surface area contributed by atoms with Gasteiger partial charge in [0.05, 0.1) is 0 Å². The zero-order valence-electron chi connectivity index (χ0n) is 7.36. The van der Waals surface area contributed by atoms with Crippen LogP contribution in [-0.4, -0.2) is 23.6 Å². The van der Waals surface area contributed by atoms with Crippen LogP contribution in [0, 0.1) is 0 Å². The number of ether oxygens (including phenoxy) is 1. The Morgan fingerprint density at radius 2 is 2.33 bits per heavy atom. The first-order valence-electron chi connectivity index (χ1n) is 4.02. The lowest BCUT2D eigenvalue weighted by Gasteiger charge is -2.27. The SMILES string of the molecule is CCN1C=CC=CC1OC(C)=O. The summed E-state index contributed by atoms with van der Waals surface area (Å²) in [6.07, 6.45) is 7.33. The van der Waals surface area contributed by atoms with Crippen molar-refractivity contribution in [3.8, 4) is 0 Å². The maximum Gasteiger partial charge on any atom is 0.304 e. The lowest BCUT2D eigenvalue weighted by atomic mass is 10.3. The summed E-state index contributed by atoms with van der Waals surface area (Å²) in [5.74, 6) is -0.251. The summed E-state index contributed by atoms with van der Waals surface area (Å²) in [5.41, 5.74) is 0. The van der Waals surface area contributed by atoms with Crippen molar-refractivity contribution in [2.45, 2.75) is 20.1 Å². The number of carbonyl (C=O) groups excluding carboxylic acids is 1. The van der Waals surface area contributed by atoms with Crippen LogP contribution in [0.2, 0.25) is 0 Å². The zero-order valence-corrected chi connectivity index (χ0v) is 7.36. The molecule has 0 radical (unpaired) electrons. The Hall–Kier alpha value is -1.25. The molecule has 0 fully saturated rings. The van der Waals surface area contributed by atoms with Gasteiger partial charge in [0.25, 0.3) is 0 Å². The molecular formula is C9H13NO2. The standard InChI is InChI=1S/C9H13NO2/c1-3-10-7-5-4-6-9(10)12-8(2)11/h4-7,9H,3H2,1-2H3. The van der Waals surface area contributed by atoms with Crippen LogP contribution in [0.5, 0.6) is 0 Å². The second-order valence-corrected chi connectivity index (χ2v) is 2.56. The third-order valence-electron chi connectivity index (χ3n) is 1.64. The van der Waals surface area contributed by atoms with Crippen LogP contribution in [0.4, 0.5) is 0 Å². The van der Waals surface area contributed by atoms with Gasteiger partial charge < -0.3 is 9.64 Å². The average molecular weight is 167 g/mol. The Morgan fingerprint density at radius 3 is 2.92 bits per heavy atom. The van der Waals surface area contributed by atoms with E-state index in [0.29, 0.717) is 0 Å². The molecule has 0 saturated heterocycles. The molecule has 1 unspecified atom stereocenters. The van der Waals surface area contributed by atoms with Gasteiger partial charge >= 0.3 is 5.97 Å². The number of rotatable bonds is 2. The Morgan fingerprint density at radius 1 is 1.58 bits per heavy atom. The first-order chi connectivity index (χ1) is 5.74. The van der Waals surface area contributed by atoms with Crippen molar-refractivity contribution in [3.05, 3.63) is 24.4 Å². The average Bonchev–Trinajstić information content (AvgIpc) is 2.04. The fourth-order valence-electron chi connectivity index (χ4n) is 1.08. The molecule has 1 aliphatic heterocycles. The largest absolute Gasteiger partial charge is 0.438 e. The van der Waals surface area contributed by atoms with E-state index in [-0.39, 0.29) is 12.2 Å². The highest BCUT2D eigenvalue weighted by molar-refractivity contribution is 5.66. The van der Waals surface area contributed by atoms with Crippen LogP contribution >= 0.6 is 0 Å². The van der Waals surface area contributed by atoms with E-state index in [9.17, 15) is 4.79 Å². The minimum absolute atomic E-state index is 0.225. The van der Waals surface area contributed by atoms with Crippen molar-refractivity contribution in [1.82, 2.24) is 4.90 Å². The van der Waals surface area contributed by atoms with Crippen molar-refractivity contribution in [3.63, 3.8) is 0 Å². The number of esters is 1. The molecule has 0 aromatic carbocycles. The minimum Gasteiger partial charge on any atom is -0.438 e. The summed E-state index contributed by atoms with van der Waals surface area (Å²) in [7, 11) is 0. The minimum atomic E-state index is -0.251. The molecule has 3 nitrogen and oxygen atoms in total. The summed E-state index contributed by atoms with van der Waals surface area (Å²) in [4.78, 5) is 12.6. The van der Waals surface area contributed by atoms with Crippen LogP contribution in [0.1, 0.15) is 13.8 Å². The Kier molecular flexibility index (Phi) is 2.91. The highest BCUT2D eigenvalue weighted by Gasteiger charge is 2.14. The molecule has 3 heteroatoms. The van der Waals surface area contributed by atoms with Crippen molar-refractivity contribution < 1.29 is 9.53 Å². The number of hydrogen-bond acceptors (Lipinski definition) is 3. The highest BCUT2D eigenvalue weighted by atomic mass is 16.6. The smallest absolute Gasteiger partial charge is 0.304 e. The van der Waals surface area contributed by atoms with Gasteiger partial charge in [0.1, 0.15) is 0 Å². The fraction of sp³-hybridized carbons (Fsp3) is 0.444. The van der Waals surface area contributed by atoms with Gasteiger partial charge in [0, 0.05) is 19.7 Å². The van der Waals surface area contributed by atoms with Crippen molar-refractivity contribution in [2.75, 3.05) is 6.54 Å². The molecule has 0 bridgehead atoms. The monoisotopic (exact) mass is 167 g/mol. The van der Waals surface area contributed by atoms with E-state index in [1.165, 1.54) is 6.92 Å². The van der Waals surface area contributed by atoms with Crippen LogP contribution in [0.25, 0.3) is 0 Å². The Balaban J connectivity index is 2.56. The molecule has 0 spiro atoms. The lowest BCUT2D eigenvalue weighted by molar-refractivity contribution is -0.150. The lowest BCUT2D eigenvalue weighted by Crippen LogP contribution is -2.33. The summed E-state index contributed by atoms with van der Waals surface area (Å²) in [5, 5.41) is 0. The van der Waals surface area contributed by atoms with Crippen LogP contribution in [0.15, 0.2) is 24.4 Å². The van der Waals surface area contributed by atoms with E-state index >= 15 is 0 Å². The number of carbonyl (C=O) groups is 1. The molecule has 0 aromatic rings. The van der Waals surface area contributed by atoms with Gasteiger partial charge in [-0.3, -0.25) is 4.79 Å². The highest BCUT2D eigenvalue weighted by Crippen LogP contribution is 2.08. The van der Waals surface area contributed by atoms with Gasteiger partial charge in [-0.1, -0.05) is 6.08 Å². The molecule has 1 aliphatic rings. The molecule has 0 N–H and O–H groups in total. The van der Waals surface area contributed by atoms with E-state index in [1.807, 2.05) is 36.3 Å². The van der Waals surface area contributed by atoms with Gasteiger partial charge in [-0.05, 0) is 19.1 Å². The summed E-state index contributed by atoms with van der Waals surface area (Å²) in [6.45, 7) is 4.26. The van der Waals surface area contributed by atoms with Crippen molar-refractivity contribution >= 4 is 5.97 Å². The maximum atomic E-state index is 10.7. The molecule has 0 aromatic heterocycles. The molecule has 1 heterocycles. The van der Waals surface area contributed by atoms with Crippen molar-refractivity contribution in [1.29, 1.82) is 0 Å². The van der Waals surface area contributed by atoms with E-state index in [4.69, 9.17) is 4.74 Å². The Labute approximate surface area is 72.3 Å². The molecule has 0 amide bonds. The maximum absolute atomic E-state index is 10.7. The number of nitrogens with zero attached hydrogens (tertiary/aromatic N) is 1. The van der Waals surface area contributed by atoms with Gasteiger partial charge in [-0.2, -0.15) is 0 Å². The summed E-state index contributed by atoms with van der Waals surface area (Å²) >= 11 is 0. The fourth-order valence-corrected chi connectivity index (χ4v) is 1.08. The molecular weight excluding hydrogens is 154 g/mol. The van der Waals surface area contributed by atoms with E-state index < -0.39 is 0 Å². The first kappa shape index (κ1) is 8.84. The predicted molar refractivity (Wildman–Crippen MR) is 46.2 cm³/mol. The van der Waals surface area contributed by atoms with Gasteiger partial charge in [-0.15, -0.1) is 0 Å². The predicted octanol–water partition coefficient (Wildman–Crippen LogP) is 1.28. The normalized spacial score (nSPS) is 21.2. The third-order valence-corrected chi connectivity index (χ3v) is 1.64. The second kappa shape index (κ2) is 3.95. The van der Waals surface area contributed by atoms with E-state index in [1.54, 1.807) is 0 Å². The van der Waals surface area contributed by atoms with Crippen LogP contribution in [-0.2, 0) is 9.53 Å². The van der Waals surface area contributed by atoms with E-state index in [0.717, 1.165) is 6.54 Å². The Bertz CT molecular complexity index is 221. The van der Waals surface area contributed by atoms with Crippen molar-refractivity contribution in [2.24, 2.45) is 0 Å². The second-order valence-electron chi connectivity index (χ2n) is 2.56. The number of allylic oxidation sites excluding steroid dienone is 2.